The van der Waals surface area contributed by atoms with Crippen molar-refractivity contribution in [2.75, 3.05) is 5.75 Å². The Morgan fingerprint density at radius 1 is 1.24 bits per heavy atom. The second-order valence-corrected chi connectivity index (χ2v) is 6.63. The van der Waals surface area contributed by atoms with Crippen LogP contribution in [0.2, 0.25) is 0 Å². The van der Waals surface area contributed by atoms with Crippen molar-refractivity contribution in [1.29, 1.82) is 0 Å². The summed E-state index contributed by atoms with van der Waals surface area (Å²) >= 11 is 0. The molecule has 0 spiro atoms. The average Bonchev–Trinajstić information content (AvgIpc) is 2.29. The SMILES string of the molecule is C[C@H]1CCC[C@H](CS(=O)(=O)c2ccccc2)O1. The minimum Gasteiger partial charge on any atom is -0.374 e. The normalized spacial score (nSPS) is 25.7. The molecule has 3 nitrogen and oxygen atoms in total. The number of hydrogen-bond acceptors (Lipinski definition) is 3. The highest BCUT2D eigenvalue weighted by atomic mass is 32.2. The van der Waals surface area contributed by atoms with E-state index < -0.39 is 9.84 Å². The van der Waals surface area contributed by atoms with Crippen molar-refractivity contribution >= 4 is 9.84 Å². The minimum atomic E-state index is -3.21. The van der Waals surface area contributed by atoms with E-state index in [1.807, 2.05) is 13.0 Å². The number of sulfone groups is 1. The Morgan fingerprint density at radius 2 is 1.94 bits per heavy atom. The fraction of sp³-hybridized carbons (Fsp3) is 0.538. The van der Waals surface area contributed by atoms with Crippen molar-refractivity contribution in [3.05, 3.63) is 30.3 Å². The van der Waals surface area contributed by atoms with Crippen LogP contribution < -0.4 is 0 Å². The first-order chi connectivity index (χ1) is 8.08. The molecule has 2 rings (SSSR count). The molecule has 1 aromatic carbocycles. The third kappa shape index (κ3) is 3.30. The summed E-state index contributed by atoms with van der Waals surface area (Å²) in [4.78, 5) is 0.391. The lowest BCUT2D eigenvalue weighted by molar-refractivity contribution is -0.0274. The molecule has 0 radical (unpaired) electrons. The molecule has 0 saturated carbocycles. The van der Waals surface area contributed by atoms with E-state index in [2.05, 4.69) is 0 Å². The first-order valence-corrected chi connectivity index (χ1v) is 7.66. The van der Waals surface area contributed by atoms with E-state index in [-0.39, 0.29) is 18.0 Å². The highest BCUT2D eigenvalue weighted by Crippen LogP contribution is 2.22. The van der Waals surface area contributed by atoms with Crippen LogP contribution in [0.15, 0.2) is 35.2 Å². The third-order valence-corrected chi connectivity index (χ3v) is 4.87. The van der Waals surface area contributed by atoms with E-state index in [0.29, 0.717) is 4.90 Å². The maximum absolute atomic E-state index is 12.1. The van der Waals surface area contributed by atoms with E-state index in [4.69, 9.17) is 4.74 Å². The van der Waals surface area contributed by atoms with E-state index >= 15 is 0 Å². The molecule has 0 amide bonds. The van der Waals surface area contributed by atoms with Crippen LogP contribution in [0.3, 0.4) is 0 Å². The molecule has 4 heteroatoms. The zero-order valence-corrected chi connectivity index (χ0v) is 10.8. The molecule has 1 heterocycles. The van der Waals surface area contributed by atoms with Crippen LogP contribution >= 0.6 is 0 Å². The molecule has 0 unspecified atom stereocenters. The van der Waals surface area contributed by atoms with Crippen molar-refractivity contribution in [1.82, 2.24) is 0 Å². The van der Waals surface area contributed by atoms with Gasteiger partial charge in [0.05, 0.1) is 22.9 Å². The lowest BCUT2D eigenvalue weighted by Crippen LogP contribution is -2.31. The largest absolute Gasteiger partial charge is 0.374 e. The highest BCUT2D eigenvalue weighted by molar-refractivity contribution is 7.91. The summed E-state index contributed by atoms with van der Waals surface area (Å²) in [6.07, 6.45) is 2.96. The van der Waals surface area contributed by atoms with Crippen LogP contribution in [0.1, 0.15) is 26.2 Å². The molecule has 94 valence electrons. The van der Waals surface area contributed by atoms with Crippen molar-refractivity contribution < 1.29 is 13.2 Å². The summed E-state index contributed by atoms with van der Waals surface area (Å²) in [6, 6.07) is 8.59. The average molecular weight is 254 g/mol. The second kappa shape index (κ2) is 5.19. The molecule has 17 heavy (non-hydrogen) atoms. The summed E-state index contributed by atoms with van der Waals surface area (Å²) in [5.41, 5.74) is 0. The summed E-state index contributed by atoms with van der Waals surface area (Å²) in [5, 5.41) is 0. The molecule has 1 aromatic rings. The van der Waals surface area contributed by atoms with Gasteiger partial charge in [-0.05, 0) is 38.3 Å². The van der Waals surface area contributed by atoms with Gasteiger partial charge in [-0.3, -0.25) is 0 Å². The third-order valence-electron chi connectivity index (χ3n) is 3.07. The fourth-order valence-corrected chi connectivity index (χ4v) is 3.69. The topological polar surface area (TPSA) is 43.4 Å². The van der Waals surface area contributed by atoms with Crippen LogP contribution in [0.4, 0.5) is 0 Å². The zero-order chi connectivity index (χ0) is 12.3. The predicted molar refractivity (Wildman–Crippen MR) is 66.7 cm³/mol. The van der Waals surface area contributed by atoms with Gasteiger partial charge in [-0.1, -0.05) is 18.2 Å². The van der Waals surface area contributed by atoms with Gasteiger partial charge in [-0.25, -0.2) is 8.42 Å². The fourth-order valence-electron chi connectivity index (χ4n) is 2.19. The smallest absolute Gasteiger partial charge is 0.180 e. The summed E-state index contributed by atoms with van der Waals surface area (Å²) < 4.78 is 29.9. The van der Waals surface area contributed by atoms with Gasteiger partial charge in [-0.2, -0.15) is 0 Å². The maximum atomic E-state index is 12.1. The van der Waals surface area contributed by atoms with E-state index in [9.17, 15) is 8.42 Å². The van der Waals surface area contributed by atoms with Gasteiger partial charge in [-0.15, -0.1) is 0 Å². The quantitative estimate of drug-likeness (QED) is 0.832. The van der Waals surface area contributed by atoms with Crippen LogP contribution in [0.25, 0.3) is 0 Å². The molecule has 0 aromatic heterocycles. The van der Waals surface area contributed by atoms with Gasteiger partial charge in [0, 0.05) is 0 Å². The Balaban J connectivity index is 2.07. The Hall–Kier alpha value is -0.870. The molecule has 1 aliphatic rings. The molecule has 0 N–H and O–H groups in total. The monoisotopic (exact) mass is 254 g/mol. The molecule has 1 saturated heterocycles. The Labute approximate surface area is 103 Å². The Kier molecular flexibility index (Phi) is 3.84. The molecule has 1 fully saturated rings. The van der Waals surface area contributed by atoms with Gasteiger partial charge >= 0.3 is 0 Å². The zero-order valence-electron chi connectivity index (χ0n) is 10.0. The molecule has 2 atom stereocenters. The molecule has 1 aliphatic heterocycles. The van der Waals surface area contributed by atoms with Crippen LogP contribution in [-0.4, -0.2) is 26.4 Å². The summed E-state index contributed by atoms with van der Waals surface area (Å²) in [7, 11) is -3.21. The number of rotatable bonds is 3. The molecular weight excluding hydrogens is 236 g/mol. The van der Waals surface area contributed by atoms with Crippen molar-refractivity contribution in [3.8, 4) is 0 Å². The second-order valence-electron chi connectivity index (χ2n) is 4.59. The first-order valence-electron chi connectivity index (χ1n) is 6.01. The van der Waals surface area contributed by atoms with Gasteiger partial charge in [0.25, 0.3) is 0 Å². The minimum absolute atomic E-state index is 0.0986. The van der Waals surface area contributed by atoms with Crippen molar-refractivity contribution in [3.63, 3.8) is 0 Å². The standard InChI is InChI=1S/C13H18O3S/c1-11-6-5-7-12(16-11)10-17(14,15)13-8-3-2-4-9-13/h2-4,8-9,11-12H,5-7,10H2,1H3/t11-,12+/m0/s1. The Bertz CT molecular complexity index is 453. The van der Waals surface area contributed by atoms with E-state index in [1.54, 1.807) is 24.3 Å². The van der Waals surface area contributed by atoms with Gasteiger partial charge in [0.1, 0.15) is 0 Å². The van der Waals surface area contributed by atoms with E-state index in [0.717, 1.165) is 19.3 Å². The number of benzene rings is 1. The van der Waals surface area contributed by atoms with Gasteiger partial charge in [0.2, 0.25) is 0 Å². The number of ether oxygens (including phenoxy) is 1. The van der Waals surface area contributed by atoms with Gasteiger partial charge in [0.15, 0.2) is 9.84 Å². The predicted octanol–water partition coefficient (Wildman–Crippen LogP) is 2.42. The molecule has 0 aliphatic carbocycles. The van der Waals surface area contributed by atoms with E-state index in [1.165, 1.54) is 0 Å². The first kappa shape index (κ1) is 12.6. The summed E-state index contributed by atoms with van der Waals surface area (Å²) in [5.74, 6) is 0.0986. The van der Waals surface area contributed by atoms with Crippen molar-refractivity contribution in [2.24, 2.45) is 0 Å². The number of hydrogen-bond donors (Lipinski definition) is 0. The maximum Gasteiger partial charge on any atom is 0.180 e. The van der Waals surface area contributed by atoms with Crippen LogP contribution in [-0.2, 0) is 14.6 Å². The molecule has 0 bridgehead atoms. The Morgan fingerprint density at radius 3 is 2.59 bits per heavy atom. The van der Waals surface area contributed by atoms with Crippen LogP contribution in [0.5, 0.6) is 0 Å². The lowest BCUT2D eigenvalue weighted by atomic mass is 10.1. The molecular formula is C13H18O3S. The van der Waals surface area contributed by atoms with Crippen LogP contribution in [0, 0.1) is 0 Å². The summed E-state index contributed by atoms with van der Waals surface area (Å²) in [6.45, 7) is 2.00. The lowest BCUT2D eigenvalue weighted by Gasteiger charge is -2.27. The highest BCUT2D eigenvalue weighted by Gasteiger charge is 2.25. The van der Waals surface area contributed by atoms with Crippen molar-refractivity contribution in [2.45, 2.75) is 43.3 Å². The van der Waals surface area contributed by atoms with Gasteiger partial charge < -0.3 is 4.74 Å².